The fourth-order valence-corrected chi connectivity index (χ4v) is 1.87. The molecule has 1 nitrogen and oxygen atoms in total. The Morgan fingerprint density at radius 1 is 1.17 bits per heavy atom. The Balaban J connectivity index is 2.53. The van der Waals surface area contributed by atoms with E-state index >= 15 is 0 Å². The van der Waals surface area contributed by atoms with Crippen molar-refractivity contribution in [2.24, 2.45) is 0 Å². The molecule has 0 heterocycles. The predicted octanol–water partition coefficient (Wildman–Crippen LogP) is 2.56. The van der Waals surface area contributed by atoms with Crippen molar-refractivity contribution in [1.29, 1.82) is 0 Å². The highest BCUT2D eigenvalue weighted by Crippen LogP contribution is 2.39. The number of rotatable bonds is 2. The van der Waals surface area contributed by atoms with Gasteiger partial charge in [0.2, 0.25) is 5.92 Å². The zero-order valence-electron chi connectivity index (χ0n) is 7.79. The molecule has 1 rings (SSSR count). The van der Waals surface area contributed by atoms with Gasteiger partial charge in [-0.1, -0.05) is 6.92 Å². The molecule has 0 aromatic rings. The normalized spacial score (nSPS) is 27.0. The van der Waals surface area contributed by atoms with Gasteiger partial charge in [0.05, 0.1) is 0 Å². The quantitative estimate of drug-likeness (QED) is 0.683. The molecule has 12 heavy (non-hydrogen) atoms. The van der Waals surface area contributed by atoms with Crippen LogP contribution in [-0.4, -0.2) is 18.5 Å². The van der Waals surface area contributed by atoms with E-state index in [4.69, 9.17) is 0 Å². The number of hydrogen-bond donors (Lipinski definition) is 1. The van der Waals surface area contributed by atoms with E-state index in [9.17, 15) is 8.78 Å². The van der Waals surface area contributed by atoms with Crippen LogP contribution in [0.3, 0.4) is 0 Å². The maximum absolute atomic E-state index is 12.8. The molecule has 0 saturated heterocycles. The lowest BCUT2D eigenvalue weighted by atomic mass is 9.78. The van der Waals surface area contributed by atoms with Crippen molar-refractivity contribution in [1.82, 2.24) is 5.32 Å². The first-order valence-electron chi connectivity index (χ1n) is 4.60. The van der Waals surface area contributed by atoms with Gasteiger partial charge in [-0.25, -0.2) is 8.78 Å². The molecular formula is C9H17F2N. The lowest BCUT2D eigenvalue weighted by molar-refractivity contribution is -0.0554. The molecule has 0 aromatic carbocycles. The average Bonchev–Trinajstić information content (AvgIpc) is 2.06. The van der Waals surface area contributed by atoms with Crippen LogP contribution < -0.4 is 5.32 Å². The first-order chi connectivity index (χ1) is 5.54. The molecule has 72 valence electrons. The van der Waals surface area contributed by atoms with Crippen LogP contribution in [0, 0.1) is 0 Å². The molecule has 0 aromatic heterocycles. The van der Waals surface area contributed by atoms with Gasteiger partial charge in [-0.3, -0.25) is 0 Å². The van der Waals surface area contributed by atoms with Crippen LogP contribution in [0.25, 0.3) is 0 Å². The Morgan fingerprint density at radius 2 is 1.67 bits per heavy atom. The summed E-state index contributed by atoms with van der Waals surface area (Å²) in [6.45, 7) is 2.06. The maximum Gasteiger partial charge on any atom is 0.248 e. The van der Waals surface area contributed by atoms with Crippen molar-refractivity contribution >= 4 is 0 Å². The van der Waals surface area contributed by atoms with Gasteiger partial charge in [0, 0.05) is 18.4 Å². The number of alkyl halides is 2. The van der Waals surface area contributed by atoms with Crippen molar-refractivity contribution in [2.45, 2.75) is 50.5 Å². The van der Waals surface area contributed by atoms with Crippen molar-refractivity contribution < 1.29 is 8.78 Å². The average molecular weight is 177 g/mol. The molecule has 1 aliphatic rings. The summed E-state index contributed by atoms with van der Waals surface area (Å²) in [5, 5.41) is 3.17. The second-order valence-electron chi connectivity index (χ2n) is 3.74. The molecule has 1 saturated carbocycles. The summed E-state index contributed by atoms with van der Waals surface area (Å²) >= 11 is 0. The van der Waals surface area contributed by atoms with Gasteiger partial charge in [-0.05, 0) is 26.3 Å². The predicted molar refractivity (Wildman–Crippen MR) is 45.5 cm³/mol. The smallest absolute Gasteiger partial charge is 0.248 e. The van der Waals surface area contributed by atoms with Crippen molar-refractivity contribution in [2.75, 3.05) is 7.05 Å². The Labute approximate surface area is 72.5 Å². The van der Waals surface area contributed by atoms with E-state index in [1.807, 2.05) is 7.05 Å². The Kier molecular flexibility index (Phi) is 2.71. The summed E-state index contributed by atoms with van der Waals surface area (Å²) in [5.74, 6) is -2.41. The van der Waals surface area contributed by atoms with E-state index in [1.54, 1.807) is 0 Å². The molecule has 1 aliphatic carbocycles. The highest BCUT2D eigenvalue weighted by molar-refractivity contribution is 4.93. The van der Waals surface area contributed by atoms with E-state index in [1.165, 1.54) is 0 Å². The van der Waals surface area contributed by atoms with Gasteiger partial charge in [0.25, 0.3) is 0 Å². The standard InChI is InChI=1S/C9H17F2N/c1-3-8(12-2)4-6-9(10,11)7-5-8/h12H,3-7H2,1-2H3. The third-order valence-electron chi connectivity index (χ3n) is 3.15. The topological polar surface area (TPSA) is 12.0 Å². The Bertz CT molecular complexity index is 141. The largest absolute Gasteiger partial charge is 0.314 e. The zero-order valence-corrected chi connectivity index (χ0v) is 7.79. The van der Waals surface area contributed by atoms with Crippen molar-refractivity contribution in [3.05, 3.63) is 0 Å². The minimum atomic E-state index is -2.41. The van der Waals surface area contributed by atoms with Crippen LogP contribution in [-0.2, 0) is 0 Å². The number of halogens is 2. The van der Waals surface area contributed by atoms with Gasteiger partial charge in [0.1, 0.15) is 0 Å². The van der Waals surface area contributed by atoms with Crippen LogP contribution in [0.2, 0.25) is 0 Å². The van der Waals surface area contributed by atoms with Crippen molar-refractivity contribution in [3.63, 3.8) is 0 Å². The van der Waals surface area contributed by atoms with E-state index in [0.717, 1.165) is 6.42 Å². The summed E-state index contributed by atoms with van der Waals surface area (Å²) < 4.78 is 25.6. The highest BCUT2D eigenvalue weighted by Gasteiger charge is 2.41. The number of nitrogens with one attached hydrogen (secondary N) is 1. The molecule has 1 fully saturated rings. The first kappa shape index (κ1) is 9.90. The monoisotopic (exact) mass is 177 g/mol. The Hall–Kier alpha value is -0.180. The van der Waals surface area contributed by atoms with E-state index in [2.05, 4.69) is 12.2 Å². The molecular weight excluding hydrogens is 160 g/mol. The molecule has 0 bridgehead atoms. The lowest BCUT2D eigenvalue weighted by Gasteiger charge is -2.39. The third-order valence-corrected chi connectivity index (χ3v) is 3.15. The third kappa shape index (κ3) is 1.94. The molecule has 0 radical (unpaired) electrons. The lowest BCUT2D eigenvalue weighted by Crippen LogP contribution is -2.47. The maximum atomic E-state index is 12.8. The van der Waals surface area contributed by atoms with Gasteiger partial charge >= 0.3 is 0 Å². The van der Waals surface area contributed by atoms with Gasteiger partial charge in [0.15, 0.2) is 0 Å². The molecule has 0 unspecified atom stereocenters. The second-order valence-corrected chi connectivity index (χ2v) is 3.74. The highest BCUT2D eigenvalue weighted by atomic mass is 19.3. The summed E-state index contributed by atoms with van der Waals surface area (Å²) in [5.41, 5.74) is -0.0122. The molecule has 0 atom stereocenters. The minimum absolute atomic E-state index is 0.0122. The summed E-state index contributed by atoms with van der Waals surface area (Å²) in [6.07, 6.45) is 2.24. The fraction of sp³-hybridized carbons (Fsp3) is 1.00. The van der Waals surface area contributed by atoms with Crippen molar-refractivity contribution in [3.8, 4) is 0 Å². The molecule has 1 N–H and O–H groups in total. The summed E-state index contributed by atoms with van der Waals surface area (Å²) in [4.78, 5) is 0. The van der Waals surface area contributed by atoms with Gasteiger partial charge < -0.3 is 5.32 Å². The molecule has 0 amide bonds. The molecule has 0 aliphatic heterocycles. The molecule has 3 heteroatoms. The fourth-order valence-electron chi connectivity index (χ4n) is 1.87. The van der Waals surface area contributed by atoms with Gasteiger partial charge in [-0.15, -0.1) is 0 Å². The zero-order chi connectivity index (χ0) is 9.24. The van der Waals surface area contributed by atoms with E-state index < -0.39 is 5.92 Å². The minimum Gasteiger partial charge on any atom is -0.314 e. The van der Waals surface area contributed by atoms with Crippen LogP contribution in [0.15, 0.2) is 0 Å². The van der Waals surface area contributed by atoms with Gasteiger partial charge in [-0.2, -0.15) is 0 Å². The first-order valence-corrected chi connectivity index (χ1v) is 4.60. The summed E-state index contributed by atoms with van der Waals surface area (Å²) in [7, 11) is 1.87. The van der Waals surface area contributed by atoms with Crippen LogP contribution in [0.5, 0.6) is 0 Å². The molecule has 0 spiro atoms. The Morgan fingerprint density at radius 3 is 2.00 bits per heavy atom. The number of hydrogen-bond acceptors (Lipinski definition) is 1. The van der Waals surface area contributed by atoms with Crippen LogP contribution in [0.4, 0.5) is 8.78 Å². The second kappa shape index (κ2) is 3.29. The van der Waals surface area contributed by atoms with E-state index in [-0.39, 0.29) is 18.4 Å². The van der Waals surface area contributed by atoms with Crippen LogP contribution >= 0.6 is 0 Å². The summed E-state index contributed by atoms with van der Waals surface area (Å²) in [6, 6.07) is 0. The van der Waals surface area contributed by atoms with E-state index in [0.29, 0.717) is 12.8 Å². The SMILES string of the molecule is CCC1(NC)CCC(F)(F)CC1. The van der Waals surface area contributed by atoms with Crippen LogP contribution in [0.1, 0.15) is 39.0 Å².